The summed E-state index contributed by atoms with van der Waals surface area (Å²) in [4.78, 5) is 20.2. The molecule has 2 unspecified atom stereocenters. The first-order chi connectivity index (χ1) is 14.0. The van der Waals surface area contributed by atoms with Crippen LogP contribution in [0.15, 0.2) is 22.7 Å². The lowest BCUT2D eigenvalue weighted by Gasteiger charge is -2.19. The SMILES string of the molecule is COC(=O)N1CC2CN(c3nc(-c4ccc(C=N)c(NC(C)C)c4)no3)CC2C1. The highest BCUT2D eigenvalue weighted by molar-refractivity contribution is 5.87. The van der Waals surface area contributed by atoms with E-state index in [1.807, 2.05) is 18.2 Å². The van der Waals surface area contributed by atoms with Gasteiger partial charge in [-0.3, -0.25) is 0 Å². The highest BCUT2D eigenvalue weighted by Crippen LogP contribution is 2.34. The Morgan fingerprint density at radius 2 is 2.03 bits per heavy atom. The molecule has 2 fully saturated rings. The molecule has 0 saturated carbocycles. The van der Waals surface area contributed by atoms with Crippen LogP contribution in [0.1, 0.15) is 19.4 Å². The molecule has 3 heterocycles. The number of nitrogens with zero attached hydrogens (tertiary/aromatic N) is 4. The van der Waals surface area contributed by atoms with Crippen molar-refractivity contribution in [3.63, 3.8) is 0 Å². The lowest BCUT2D eigenvalue weighted by atomic mass is 10.0. The van der Waals surface area contributed by atoms with E-state index in [4.69, 9.17) is 14.7 Å². The average Bonchev–Trinajstić information content (AvgIpc) is 3.41. The van der Waals surface area contributed by atoms with Crippen LogP contribution in [0.3, 0.4) is 0 Å². The summed E-state index contributed by atoms with van der Waals surface area (Å²) in [6.07, 6.45) is 1.07. The Morgan fingerprint density at radius 3 is 2.66 bits per heavy atom. The second-order valence-corrected chi connectivity index (χ2v) is 7.95. The van der Waals surface area contributed by atoms with Crippen molar-refractivity contribution >= 4 is 24.0 Å². The van der Waals surface area contributed by atoms with Crippen LogP contribution in [0.5, 0.6) is 0 Å². The summed E-state index contributed by atoms with van der Waals surface area (Å²) in [5.74, 6) is 1.30. The van der Waals surface area contributed by atoms with E-state index in [0.717, 1.165) is 29.9 Å². The summed E-state index contributed by atoms with van der Waals surface area (Å²) in [5.41, 5.74) is 2.52. The van der Waals surface area contributed by atoms with E-state index in [2.05, 4.69) is 34.2 Å². The topological polar surface area (TPSA) is 108 Å². The van der Waals surface area contributed by atoms with Crippen LogP contribution in [0.4, 0.5) is 16.5 Å². The van der Waals surface area contributed by atoms with Gasteiger partial charge in [0, 0.05) is 67.1 Å². The third kappa shape index (κ3) is 3.76. The second kappa shape index (κ2) is 7.73. The predicted molar refractivity (Wildman–Crippen MR) is 110 cm³/mol. The standard InChI is InChI=1S/C20H26N6O3/c1-12(2)22-17-6-13(4-5-14(17)7-21)18-23-19(29-24-18)25-8-15-10-26(20(27)28-3)11-16(15)9-25/h4-7,12,15-16,21-22H,8-11H2,1-3H3. The molecule has 2 aliphatic heterocycles. The number of benzene rings is 1. The van der Waals surface area contributed by atoms with E-state index >= 15 is 0 Å². The van der Waals surface area contributed by atoms with Gasteiger partial charge in [-0.25, -0.2) is 4.79 Å². The van der Waals surface area contributed by atoms with Crippen molar-refractivity contribution in [2.75, 3.05) is 43.5 Å². The number of hydrogen-bond donors (Lipinski definition) is 2. The molecule has 2 N–H and O–H groups in total. The average molecular weight is 398 g/mol. The Morgan fingerprint density at radius 1 is 1.31 bits per heavy atom. The minimum absolute atomic E-state index is 0.248. The Kier molecular flexibility index (Phi) is 5.12. The molecule has 2 atom stereocenters. The smallest absolute Gasteiger partial charge is 0.409 e. The fourth-order valence-electron chi connectivity index (χ4n) is 4.15. The maximum atomic E-state index is 11.7. The summed E-state index contributed by atoms with van der Waals surface area (Å²) in [6.45, 7) is 7.07. The zero-order valence-corrected chi connectivity index (χ0v) is 16.9. The van der Waals surface area contributed by atoms with Crippen molar-refractivity contribution in [2.24, 2.45) is 11.8 Å². The van der Waals surface area contributed by atoms with Crippen molar-refractivity contribution < 1.29 is 14.1 Å². The molecule has 0 spiro atoms. The minimum Gasteiger partial charge on any atom is -0.453 e. The summed E-state index contributed by atoms with van der Waals surface area (Å²) in [6, 6.07) is 6.48. The van der Waals surface area contributed by atoms with Crippen molar-refractivity contribution in [3.05, 3.63) is 23.8 Å². The zero-order valence-electron chi connectivity index (χ0n) is 16.9. The van der Waals surface area contributed by atoms with Crippen molar-refractivity contribution in [3.8, 4) is 11.4 Å². The maximum absolute atomic E-state index is 11.7. The van der Waals surface area contributed by atoms with Gasteiger partial charge < -0.3 is 29.8 Å². The van der Waals surface area contributed by atoms with E-state index in [0.29, 0.717) is 36.8 Å². The molecule has 2 aliphatic rings. The number of aromatic nitrogens is 2. The van der Waals surface area contributed by atoms with Gasteiger partial charge in [0.05, 0.1) is 7.11 Å². The highest BCUT2D eigenvalue weighted by atomic mass is 16.5. The van der Waals surface area contributed by atoms with E-state index in [-0.39, 0.29) is 12.1 Å². The summed E-state index contributed by atoms with van der Waals surface area (Å²) in [5, 5.41) is 15.1. The Balaban J connectivity index is 1.47. The minimum atomic E-state index is -0.259. The molecule has 4 rings (SSSR count). The molecular formula is C20H26N6O3. The first-order valence-corrected chi connectivity index (χ1v) is 9.81. The molecular weight excluding hydrogens is 372 g/mol. The molecule has 2 aromatic rings. The fourth-order valence-corrected chi connectivity index (χ4v) is 4.15. The number of carbonyl (C=O) groups excluding carboxylic acids is 1. The molecule has 0 radical (unpaired) electrons. The quantitative estimate of drug-likeness (QED) is 0.746. The highest BCUT2D eigenvalue weighted by Gasteiger charge is 2.43. The molecule has 29 heavy (non-hydrogen) atoms. The van der Waals surface area contributed by atoms with Gasteiger partial charge in [0.25, 0.3) is 0 Å². The maximum Gasteiger partial charge on any atom is 0.409 e. The van der Waals surface area contributed by atoms with Crippen molar-refractivity contribution in [1.29, 1.82) is 5.41 Å². The van der Waals surface area contributed by atoms with Crippen LogP contribution in [0.25, 0.3) is 11.4 Å². The number of amides is 1. The fraction of sp³-hybridized carbons (Fsp3) is 0.500. The van der Waals surface area contributed by atoms with Gasteiger partial charge in [0.1, 0.15) is 0 Å². The number of carbonyl (C=O) groups is 1. The number of rotatable bonds is 5. The number of anilines is 2. The molecule has 1 amide bonds. The molecule has 1 aromatic carbocycles. The molecule has 2 saturated heterocycles. The van der Waals surface area contributed by atoms with Crippen LogP contribution >= 0.6 is 0 Å². The Bertz CT molecular complexity index is 897. The molecule has 9 nitrogen and oxygen atoms in total. The second-order valence-electron chi connectivity index (χ2n) is 7.95. The normalized spacial score (nSPS) is 20.8. The Labute approximate surface area is 169 Å². The Hall–Kier alpha value is -3.10. The van der Waals surface area contributed by atoms with Crippen molar-refractivity contribution in [2.45, 2.75) is 19.9 Å². The van der Waals surface area contributed by atoms with E-state index in [9.17, 15) is 4.79 Å². The number of ether oxygens (including phenoxy) is 1. The number of methoxy groups -OCH3 is 1. The van der Waals surface area contributed by atoms with Gasteiger partial charge in [-0.15, -0.1) is 0 Å². The van der Waals surface area contributed by atoms with Gasteiger partial charge in [-0.2, -0.15) is 4.98 Å². The molecule has 9 heteroatoms. The largest absolute Gasteiger partial charge is 0.453 e. The first kappa shape index (κ1) is 19.2. The van der Waals surface area contributed by atoms with E-state index in [1.54, 1.807) is 4.90 Å². The zero-order chi connectivity index (χ0) is 20.5. The van der Waals surface area contributed by atoms with Crippen LogP contribution in [-0.2, 0) is 4.74 Å². The third-order valence-electron chi connectivity index (χ3n) is 5.52. The van der Waals surface area contributed by atoms with Gasteiger partial charge in [0.2, 0.25) is 5.82 Å². The predicted octanol–water partition coefficient (Wildman–Crippen LogP) is 2.69. The molecule has 0 bridgehead atoms. The van der Waals surface area contributed by atoms with Gasteiger partial charge in [0.15, 0.2) is 0 Å². The van der Waals surface area contributed by atoms with E-state index in [1.165, 1.54) is 13.3 Å². The van der Waals surface area contributed by atoms with E-state index < -0.39 is 0 Å². The van der Waals surface area contributed by atoms with Crippen LogP contribution in [0, 0.1) is 17.2 Å². The van der Waals surface area contributed by atoms with Gasteiger partial charge in [-0.1, -0.05) is 17.3 Å². The van der Waals surface area contributed by atoms with Crippen LogP contribution < -0.4 is 10.2 Å². The number of fused-ring (bicyclic) bond motifs is 1. The van der Waals surface area contributed by atoms with Crippen LogP contribution in [-0.4, -0.2) is 66.7 Å². The van der Waals surface area contributed by atoms with Crippen LogP contribution in [0.2, 0.25) is 0 Å². The summed E-state index contributed by atoms with van der Waals surface area (Å²) < 4.78 is 10.4. The first-order valence-electron chi connectivity index (χ1n) is 9.81. The lowest BCUT2D eigenvalue weighted by molar-refractivity contribution is 0.130. The third-order valence-corrected chi connectivity index (χ3v) is 5.52. The number of likely N-dealkylation sites (tertiary alicyclic amines) is 1. The molecule has 0 aliphatic carbocycles. The summed E-state index contributed by atoms with van der Waals surface area (Å²) >= 11 is 0. The molecule has 154 valence electrons. The van der Waals surface area contributed by atoms with Gasteiger partial charge >= 0.3 is 12.1 Å². The number of nitrogens with one attached hydrogen (secondary N) is 2. The lowest BCUT2D eigenvalue weighted by Crippen LogP contribution is -2.33. The monoisotopic (exact) mass is 398 g/mol. The molecule has 1 aromatic heterocycles. The van der Waals surface area contributed by atoms with Crippen molar-refractivity contribution in [1.82, 2.24) is 15.0 Å². The van der Waals surface area contributed by atoms with Gasteiger partial charge in [-0.05, 0) is 19.9 Å². The summed E-state index contributed by atoms with van der Waals surface area (Å²) in [7, 11) is 1.42. The number of hydrogen-bond acceptors (Lipinski definition) is 8.